The van der Waals surface area contributed by atoms with Gasteiger partial charge >= 0.3 is 5.69 Å². The van der Waals surface area contributed by atoms with E-state index >= 15 is 0 Å². The quantitative estimate of drug-likeness (QED) is 0.802. The Morgan fingerprint density at radius 3 is 2.79 bits per heavy atom. The minimum atomic E-state index is -0.496. The highest BCUT2D eigenvalue weighted by Gasteiger charge is 2.51. The second kappa shape index (κ2) is 6.35. The number of H-pyrrole nitrogens is 1. The number of hydrogen-bond acceptors (Lipinski definition) is 4. The minimum absolute atomic E-state index is 0.0479. The largest absolute Gasteiger partial charge is 0.497 e. The van der Waals surface area contributed by atoms with E-state index in [1.165, 1.54) is 16.8 Å². The Balaban J connectivity index is 1.64. The molecule has 7 heteroatoms. The number of carbonyl (C=O) groups is 1. The standard InChI is InChI=1S/C17H19N3O4/c1-24-13-4-2-3-12(11-13)17(6-7-17)15(22)18-8-10-20-9-5-14(21)19-16(20)23/h2-5,9,11H,6-8,10H2,1H3,(H,18,22)(H,19,21,23). The third kappa shape index (κ3) is 3.10. The lowest BCUT2D eigenvalue weighted by atomic mass is 9.95. The Kier molecular flexibility index (Phi) is 4.24. The van der Waals surface area contributed by atoms with E-state index in [4.69, 9.17) is 4.74 Å². The summed E-state index contributed by atoms with van der Waals surface area (Å²) < 4.78 is 6.57. The molecule has 126 valence electrons. The van der Waals surface area contributed by atoms with E-state index in [-0.39, 0.29) is 5.91 Å². The molecule has 0 saturated heterocycles. The van der Waals surface area contributed by atoms with Crippen LogP contribution in [0.15, 0.2) is 46.1 Å². The molecular formula is C17H19N3O4. The first kappa shape index (κ1) is 16.0. The summed E-state index contributed by atoms with van der Waals surface area (Å²) in [4.78, 5) is 37.4. The summed E-state index contributed by atoms with van der Waals surface area (Å²) >= 11 is 0. The van der Waals surface area contributed by atoms with Gasteiger partial charge in [0.15, 0.2) is 0 Å². The van der Waals surface area contributed by atoms with Gasteiger partial charge in [0.05, 0.1) is 12.5 Å². The van der Waals surface area contributed by atoms with Crippen molar-refractivity contribution in [3.05, 3.63) is 62.9 Å². The van der Waals surface area contributed by atoms with Gasteiger partial charge in [-0.25, -0.2) is 4.79 Å². The molecule has 2 N–H and O–H groups in total. The number of hydrogen-bond donors (Lipinski definition) is 2. The third-order valence-corrected chi connectivity index (χ3v) is 4.34. The van der Waals surface area contributed by atoms with Crippen molar-refractivity contribution in [2.45, 2.75) is 24.8 Å². The van der Waals surface area contributed by atoms with Crippen LogP contribution in [0.3, 0.4) is 0 Å². The lowest BCUT2D eigenvalue weighted by Crippen LogP contribution is -2.38. The topological polar surface area (TPSA) is 93.2 Å². The van der Waals surface area contributed by atoms with Gasteiger partial charge in [0.1, 0.15) is 5.75 Å². The molecule has 1 fully saturated rings. The summed E-state index contributed by atoms with van der Waals surface area (Å²) in [6.07, 6.45) is 3.01. The molecular weight excluding hydrogens is 310 g/mol. The lowest BCUT2D eigenvalue weighted by molar-refractivity contribution is -0.123. The molecule has 2 aromatic rings. The number of methoxy groups -OCH3 is 1. The molecule has 0 bridgehead atoms. The summed E-state index contributed by atoms with van der Waals surface area (Å²) in [5.41, 5.74) is -0.466. The molecule has 7 nitrogen and oxygen atoms in total. The Morgan fingerprint density at radius 1 is 1.33 bits per heavy atom. The molecule has 3 rings (SSSR count). The Hall–Kier alpha value is -2.83. The smallest absolute Gasteiger partial charge is 0.328 e. The van der Waals surface area contributed by atoms with Crippen molar-refractivity contribution in [3.8, 4) is 5.75 Å². The van der Waals surface area contributed by atoms with Crippen LogP contribution in [0.2, 0.25) is 0 Å². The summed E-state index contributed by atoms with van der Waals surface area (Å²) in [6, 6.07) is 8.82. The van der Waals surface area contributed by atoms with Crippen molar-refractivity contribution >= 4 is 5.91 Å². The number of ether oxygens (including phenoxy) is 1. The molecule has 1 aromatic heterocycles. The average molecular weight is 329 g/mol. The number of nitrogens with one attached hydrogen (secondary N) is 2. The molecule has 0 spiro atoms. The van der Waals surface area contributed by atoms with E-state index in [9.17, 15) is 14.4 Å². The molecule has 0 unspecified atom stereocenters. The number of benzene rings is 1. The fourth-order valence-electron chi connectivity index (χ4n) is 2.77. The zero-order valence-electron chi connectivity index (χ0n) is 13.4. The summed E-state index contributed by atoms with van der Waals surface area (Å²) in [5, 5.41) is 2.88. The van der Waals surface area contributed by atoms with Crippen LogP contribution in [-0.4, -0.2) is 29.1 Å². The van der Waals surface area contributed by atoms with Crippen LogP contribution in [0.4, 0.5) is 0 Å². The summed E-state index contributed by atoms with van der Waals surface area (Å²) in [5.74, 6) is 0.680. The maximum atomic E-state index is 12.6. The van der Waals surface area contributed by atoms with Crippen molar-refractivity contribution in [3.63, 3.8) is 0 Å². The van der Waals surface area contributed by atoms with E-state index in [1.807, 2.05) is 24.3 Å². The monoisotopic (exact) mass is 329 g/mol. The van der Waals surface area contributed by atoms with Gasteiger partial charge < -0.3 is 10.1 Å². The van der Waals surface area contributed by atoms with Gasteiger partial charge in [-0.2, -0.15) is 0 Å². The summed E-state index contributed by atoms with van der Waals surface area (Å²) in [6.45, 7) is 0.617. The van der Waals surface area contributed by atoms with Crippen LogP contribution >= 0.6 is 0 Å². The molecule has 1 amide bonds. The number of amides is 1. The maximum absolute atomic E-state index is 12.6. The number of nitrogens with zero attached hydrogens (tertiary/aromatic N) is 1. The number of rotatable bonds is 6. The summed E-state index contributed by atoms with van der Waals surface area (Å²) in [7, 11) is 1.60. The highest BCUT2D eigenvalue weighted by Crippen LogP contribution is 2.49. The molecule has 1 aliphatic carbocycles. The first-order chi connectivity index (χ1) is 11.5. The van der Waals surface area contributed by atoms with Crippen molar-refractivity contribution in [2.24, 2.45) is 0 Å². The molecule has 1 aromatic carbocycles. The zero-order valence-corrected chi connectivity index (χ0v) is 13.4. The SMILES string of the molecule is COc1cccc(C2(C(=O)NCCn3ccc(=O)[nH]c3=O)CC2)c1. The van der Waals surface area contributed by atoms with E-state index in [0.29, 0.717) is 13.1 Å². The van der Waals surface area contributed by atoms with Crippen LogP contribution in [0.1, 0.15) is 18.4 Å². The Bertz CT molecular complexity index is 864. The molecule has 1 saturated carbocycles. The first-order valence-corrected chi connectivity index (χ1v) is 7.78. The van der Waals surface area contributed by atoms with Crippen molar-refractivity contribution in [1.82, 2.24) is 14.9 Å². The highest BCUT2D eigenvalue weighted by atomic mass is 16.5. The van der Waals surface area contributed by atoms with Crippen molar-refractivity contribution < 1.29 is 9.53 Å². The fraction of sp³-hybridized carbons (Fsp3) is 0.353. The molecule has 0 atom stereocenters. The van der Waals surface area contributed by atoms with Gasteiger partial charge in [0.25, 0.3) is 5.56 Å². The van der Waals surface area contributed by atoms with Gasteiger partial charge in [-0.3, -0.25) is 19.1 Å². The second-order valence-corrected chi connectivity index (χ2v) is 5.87. The average Bonchev–Trinajstić information content (AvgIpc) is 3.39. The molecule has 24 heavy (non-hydrogen) atoms. The van der Waals surface area contributed by atoms with E-state index in [1.54, 1.807) is 7.11 Å². The normalized spacial score (nSPS) is 14.9. The van der Waals surface area contributed by atoms with Gasteiger partial charge in [-0.15, -0.1) is 0 Å². The lowest BCUT2D eigenvalue weighted by Gasteiger charge is -2.16. The van der Waals surface area contributed by atoms with Gasteiger partial charge in [0.2, 0.25) is 5.91 Å². The molecule has 1 aliphatic rings. The van der Waals surface area contributed by atoms with Crippen LogP contribution in [-0.2, 0) is 16.8 Å². The second-order valence-electron chi connectivity index (χ2n) is 5.87. The van der Waals surface area contributed by atoms with Crippen LogP contribution in [0.25, 0.3) is 0 Å². The highest BCUT2D eigenvalue weighted by molar-refractivity contribution is 5.91. The zero-order chi connectivity index (χ0) is 17.2. The molecule has 1 heterocycles. The van der Waals surface area contributed by atoms with E-state index in [0.717, 1.165) is 24.2 Å². The minimum Gasteiger partial charge on any atom is -0.497 e. The van der Waals surface area contributed by atoms with E-state index in [2.05, 4.69) is 10.3 Å². The fourth-order valence-corrected chi connectivity index (χ4v) is 2.77. The third-order valence-electron chi connectivity index (χ3n) is 4.34. The van der Waals surface area contributed by atoms with E-state index < -0.39 is 16.7 Å². The van der Waals surface area contributed by atoms with Gasteiger partial charge in [-0.1, -0.05) is 12.1 Å². The predicted octanol–water partition coefficient (Wildman–Crippen LogP) is 0.393. The van der Waals surface area contributed by atoms with Crippen LogP contribution in [0, 0.1) is 0 Å². The Labute approximate surface area is 138 Å². The van der Waals surface area contributed by atoms with Gasteiger partial charge in [0, 0.05) is 25.4 Å². The van der Waals surface area contributed by atoms with Crippen LogP contribution < -0.4 is 21.3 Å². The first-order valence-electron chi connectivity index (χ1n) is 7.78. The Morgan fingerprint density at radius 2 is 2.12 bits per heavy atom. The number of carbonyl (C=O) groups excluding carboxylic acids is 1. The number of aromatic amines is 1. The molecule has 0 aliphatic heterocycles. The maximum Gasteiger partial charge on any atom is 0.328 e. The molecule has 0 radical (unpaired) electrons. The van der Waals surface area contributed by atoms with Crippen molar-refractivity contribution in [2.75, 3.05) is 13.7 Å². The van der Waals surface area contributed by atoms with Gasteiger partial charge in [-0.05, 0) is 30.5 Å². The number of aromatic nitrogens is 2. The van der Waals surface area contributed by atoms with Crippen molar-refractivity contribution in [1.29, 1.82) is 0 Å². The predicted molar refractivity (Wildman–Crippen MR) is 88.2 cm³/mol. The van der Waals surface area contributed by atoms with Crippen LogP contribution in [0.5, 0.6) is 5.75 Å².